The highest BCUT2D eigenvalue weighted by atomic mass is 16.1. The van der Waals surface area contributed by atoms with E-state index < -0.39 is 0 Å². The molecular formula is C21H25N5O. The minimum absolute atomic E-state index is 0.0147. The molecule has 1 aromatic carbocycles. The van der Waals surface area contributed by atoms with Crippen molar-refractivity contribution < 1.29 is 0 Å². The molecule has 0 aliphatic carbocycles. The SMILES string of the molecule is Cn1cccc1-c1nc2ccc(N3CCN4CCC3CC4)cc2c(=O)n1C. The summed E-state index contributed by atoms with van der Waals surface area (Å²) in [7, 11) is 3.78. The molecule has 0 atom stereocenters. The predicted molar refractivity (Wildman–Crippen MR) is 108 cm³/mol. The van der Waals surface area contributed by atoms with E-state index in [0.717, 1.165) is 30.0 Å². The van der Waals surface area contributed by atoms with Crippen LogP contribution in [0.3, 0.4) is 0 Å². The largest absolute Gasteiger partial charge is 0.367 e. The van der Waals surface area contributed by atoms with Gasteiger partial charge in [0.15, 0.2) is 5.82 Å². The van der Waals surface area contributed by atoms with Crippen molar-refractivity contribution in [2.24, 2.45) is 14.1 Å². The highest BCUT2D eigenvalue weighted by Gasteiger charge is 2.29. The van der Waals surface area contributed by atoms with Gasteiger partial charge in [0.2, 0.25) is 0 Å². The van der Waals surface area contributed by atoms with Crippen molar-refractivity contribution in [1.82, 2.24) is 19.0 Å². The van der Waals surface area contributed by atoms with Crippen LogP contribution in [-0.2, 0) is 14.1 Å². The normalized spacial score (nSPS) is 22.4. The molecule has 2 aromatic heterocycles. The van der Waals surface area contributed by atoms with Gasteiger partial charge in [-0.1, -0.05) is 0 Å². The third-order valence-electron chi connectivity index (χ3n) is 6.22. The second kappa shape index (κ2) is 6.23. The number of aryl methyl sites for hydroxylation is 1. The van der Waals surface area contributed by atoms with Gasteiger partial charge in [0.05, 0.1) is 16.6 Å². The van der Waals surface area contributed by atoms with Crippen LogP contribution < -0.4 is 10.5 Å². The third-order valence-corrected chi connectivity index (χ3v) is 6.22. The molecule has 3 aromatic rings. The Bertz CT molecular complexity index is 1060. The Morgan fingerprint density at radius 1 is 1.04 bits per heavy atom. The number of hydrogen-bond acceptors (Lipinski definition) is 4. The van der Waals surface area contributed by atoms with Gasteiger partial charge in [-0.2, -0.15) is 0 Å². The van der Waals surface area contributed by atoms with Crippen LogP contribution in [-0.4, -0.2) is 51.2 Å². The van der Waals surface area contributed by atoms with Crippen LogP contribution in [0.5, 0.6) is 0 Å². The molecular weight excluding hydrogens is 338 g/mol. The van der Waals surface area contributed by atoms with Crippen LogP contribution >= 0.6 is 0 Å². The van der Waals surface area contributed by atoms with Gasteiger partial charge in [-0.05, 0) is 43.2 Å². The van der Waals surface area contributed by atoms with E-state index in [0.29, 0.717) is 17.3 Å². The van der Waals surface area contributed by atoms with Gasteiger partial charge in [-0.3, -0.25) is 9.36 Å². The number of benzene rings is 1. The van der Waals surface area contributed by atoms with Crippen molar-refractivity contribution in [2.75, 3.05) is 31.1 Å². The summed E-state index contributed by atoms with van der Waals surface area (Å²) in [6, 6.07) is 10.7. The van der Waals surface area contributed by atoms with Crippen LogP contribution in [0.25, 0.3) is 22.4 Å². The second-order valence-corrected chi connectivity index (χ2v) is 7.77. The van der Waals surface area contributed by atoms with Gasteiger partial charge in [0, 0.05) is 58.2 Å². The van der Waals surface area contributed by atoms with Gasteiger partial charge < -0.3 is 14.4 Å². The molecule has 0 spiro atoms. The number of anilines is 1. The van der Waals surface area contributed by atoms with E-state index in [2.05, 4.69) is 15.9 Å². The zero-order valence-electron chi connectivity index (χ0n) is 15.9. The van der Waals surface area contributed by atoms with Gasteiger partial charge in [0.25, 0.3) is 5.56 Å². The van der Waals surface area contributed by atoms with E-state index in [1.807, 2.05) is 49.1 Å². The molecule has 3 saturated heterocycles. The number of hydrogen-bond donors (Lipinski definition) is 0. The summed E-state index contributed by atoms with van der Waals surface area (Å²) < 4.78 is 3.66. The monoisotopic (exact) mass is 363 g/mol. The molecule has 5 heterocycles. The van der Waals surface area contributed by atoms with Crippen LogP contribution in [0.1, 0.15) is 12.8 Å². The van der Waals surface area contributed by atoms with E-state index in [-0.39, 0.29) is 5.56 Å². The molecule has 0 N–H and O–H groups in total. The minimum Gasteiger partial charge on any atom is -0.367 e. The maximum Gasteiger partial charge on any atom is 0.261 e. The number of rotatable bonds is 2. The highest BCUT2D eigenvalue weighted by molar-refractivity contribution is 5.83. The van der Waals surface area contributed by atoms with E-state index in [1.54, 1.807) is 4.57 Å². The van der Waals surface area contributed by atoms with E-state index in [1.165, 1.54) is 25.9 Å². The maximum atomic E-state index is 13.1. The highest BCUT2D eigenvalue weighted by Crippen LogP contribution is 2.29. The fraction of sp³-hybridized carbons (Fsp3) is 0.429. The van der Waals surface area contributed by atoms with Crippen molar-refractivity contribution in [2.45, 2.75) is 18.9 Å². The maximum absolute atomic E-state index is 13.1. The molecule has 0 unspecified atom stereocenters. The molecule has 6 nitrogen and oxygen atoms in total. The zero-order valence-corrected chi connectivity index (χ0v) is 15.9. The summed E-state index contributed by atoms with van der Waals surface area (Å²) in [6.07, 6.45) is 4.39. The molecule has 0 amide bonds. The molecule has 3 fully saturated rings. The average Bonchev–Trinajstić information content (AvgIpc) is 2.90. The molecule has 6 heteroatoms. The van der Waals surface area contributed by atoms with Crippen molar-refractivity contribution in [3.05, 3.63) is 46.9 Å². The summed E-state index contributed by atoms with van der Waals surface area (Å²) in [6.45, 7) is 4.53. The Morgan fingerprint density at radius 2 is 1.85 bits per heavy atom. The number of piperidine rings is 1. The topological polar surface area (TPSA) is 46.3 Å². The molecule has 140 valence electrons. The summed E-state index contributed by atoms with van der Waals surface area (Å²) in [4.78, 5) is 23.0. The van der Waals surface area contributed by atoms with Crippen molar-refractivity contribution in [3.63, 3.8) is 0 Å². The Labute approximate surface area is 158 Å². The van der Waals surface area contributed by atoms with Crippen molar-refractivity contribution >= 4 is 16.6 Å². The number of fused-ring (bicyclic) bond motifs is 5. The van der Waals surface area contributed by atoms with Crippen LogP contribution in [0.4, 0.5) is 5.69 Å². The Morgan fingerprint density at radius 3 is 2.59 bits per heavy atom. The number of nitrogens with zero attached hydrogens (tertiary/aromatic N) is 5. The van der Waals surface area contributed by atoms with Crippen LogP contribution in [0, 0.1) is 0 Å². The molecule has 2 bridgehead atoms. The Balaban J connectivity index is 1.61. The molecule has 3 aliphatic rings. The fourth-order valence-electron chi connectivity index (χ4n) is 4.59. The quantitative estimate of drug-likeness (QED) is 0.700. The molecule has 0 saturated carbocycles. The minimum atomic E-state index is 0.0147. The van der Waals surface area contributed by atoms with Gasteiger partial charge in [0.1, 0.15) is 0 Å². The summed E-state index contributed by atoms with van der Waals surface area (Å²) in [5, 5.41) is 0.701. The van der Waals surface area contributed by atoms with E-state index >= 15 is 0 Å². The number of aromatic nitrogens is 3. The zero-order chi connectivity index (χ0) is 18.5. The lowest BCUT2D eigenvalue weighted by molar-refractivity contribution is 0.250. The first-order chi connectivity index (χ1) is 13.1. The standard InChI is InChI=1S/C21H25N5O/c1-23-9-3-4-19(23)20-22-18-6-5-16(14-17(18)21(27)24(20)2)26-13-12-25-10-7-15(26)8-11-25/h3-6,9,14-15H,7-8,10-13H2,1-2H3. The average molecular weight is 363 g/mol. The molecule has 6 rings (SSSR count). The third kappa shape index (κ3) is 2.67. The van der Waals surface area contributed by atoms with Crippen molar-refractivity contribution in [1.29, 1.82) is 0 Å². The second-order valence-electron chi connectivity index (χ2n) is 7.77. The van der Waals surface area contributed by atoms with E-state index in [9.17, 15) is 4.79 Å². The van der Waals surface area contributed by atoms with Crippen LogP contribution in [0.2, 0.25) is 0 Å². The lowest BCUT2D eigenvalue weighted by Gasteiger charge is -2.33. The van der Waals surface area contributed by atoms with Crippen LogP contribution in [0.15, 0.2) is 41.3 Å². The van der Waals surface area contributed by atoms with Gasteiger partial charge >= 0.3 is 0 Å². The first-order valence-electron chi connectivity index (χ1n) is 9.73. The van der Waals surface area contributed by atoms with Gasteiger partial charge in [-0.15, -0.1) is 0 Å². The summed E-state index contributed by atoms with van der Waals surface area (Å²) in [5.74, 6) is 0.703. The van der Waals surface area contributed by atoms with Crippen molar-refractivity contribution in [3.8, 4) is 11.5 Å². The first-order valence-corrected chi connectivity index (χ1v) is 9.73. The first kappa shape index (κ1) is 16.6. The molecule has 27 heavy (non-hydrogen) atoms. The molecule has 0 radical (unpaired) electrons. The Kier molecular flexibility index (Phi) is 3.82. The summed E-state index contributed by atoms with van der Waals surface area (Å²) >= 11 is 0. The lowest BCUT2D eigenvalue weighted by Crippen LogP contribution is -2.38. The summed E-state index contributed by atoms with van der Waals surface area (Å²) in [5.41, 5.74) is 2.88. The molecule has 3 aliphatic heterocycles. The van der Waals surface area contributed by atoms with E-state index in [4.69, 9.17) is 4.98 Å². The smallest absolute Gasteiger partial charge is 0.261 e. The Hall–Kier alpha value is -2.60. The lowest BCUT2D eigenvalue weighted by atomic mass is 10.0. The predicted octanol–water partition coefficient (Wildman–Crippen LogP) is 2.22. The van der Waals surface area contributed by atoms with Gasteiger partial charge in [-0.25, -0.2) is 4.98 Å². The fourth-order valence-corrected chi connectivity index (χ4v) is 4.59.